The van der Waals surface area contributed by atoms with Crippen LogP contribution in [0.15, 0.2) is 47.1 Å². The number of hydrogen-bond acceptors (Lipinski definition) is 5. The van der Waals surface area contributed by atoms with E-state index in [9.17, 15) is 0 Å². The SMILES string of the molecule is COc1ccc(COCC#CCO[C@H]2C[C@H](Oc3ccc(Br)cn3)C2)cc1. The molecule has 142 valence electrons. The number of ether oxygens (including phenoxy) is 4. The lowest BCUT2D eigenvalue weighted by molar-refractivity contribution is -0.0508. The molecule has 0 unspecified atom stereocenters. The first kappa shape index (κ1) is 19.7. The number of methoxy groups -OCH3 is 1. The number of benzene rings is 1. The second-order valence-electron chi connectivity index (χ2n) is 6.15. The minimum Gasteiger partial charge on any atom is -0.497 e. The topological polar surface area (TPSA) is 49.8 Å². The quantitative estimate of drug-likeness (QED) is 0.466. The summed E-state index contributed by atoms with van der Waals surface area (Å²) in [5.41, 5.74) is 1.09. The molecule has 0 radical (unpaired) electrons. The van der Waals surface area contributed by atoms with Crippen molar-refractivity contribution in [3.8, 4) is 23.5 Å². The highest BCUT2D eigenvalue weighted by Gasteiger charge is 2.31. The number of nitrogens with zero attached hydrogens (tertiary/aromatic N) is 1. The van der Waals surface area contributed by atoms with Crippen LogP contribution in [0.25, 0.3) is 0 Å². The monoisotopic (exact) mass is 431 g/mol. The molecule has 1 heterocycles. The van der Waals surface area contributed by atoms with Crippen molar-refractivity contribution in [2.45, 2.75) is 31.7 Å². The molecule has 1 fully saturated rings. The Morgan fingerprint density at radius 3 is 2.52 bits per heavy atom. The van der Waals surface area contributed by atoms with E-state index in [4.69, 9.17) is 18.9 Å². The Kier molecular flexibility index (Phi) is 7.52. The van der Waals surface area contributed by atoms with Crippen LogP contribution in [0.4, 0.5) is 0 Å². The number of aromatic nitrogens is 1. The van der Waals surface area contributed by atoms with E-state index < -0.39 is 0 Å². The molecule has 0 saturated heterocycles. The van der Waals surface area contributed by atoms with E-state index in [2.05, 4.69) is 32.8 Å². The summed E-state index contributed by atoms with van der Waals surface area (Å²) >= 11 is 3.36. The summed E-state index contributed by atoms with van der Waals surface area (Å²) in [7, 11) is 1.65. The third-order valence-electron chi connectivity index (χ3n) is 4.16. The smallest absolute Gasteiger partial charge is 0.213 e. The van der Waals surface area contributed by atoms with Gasteiger partial charge in [0.05, 0.1) is 19.8 Å². The van der Waals surface area contributed by atoms with E-state index in [1.165, 1.54) is 0 Å². The van der Waals surface area contributed by atoms with E-state index in [1.54, 1.807) is 13.3 Å². The van der Waals surface area contributed by atoms with Crippen LogP contribution in [0.2, 0.25) is 0 Å². The van der Waals surface area contributed by atoms with Gasteiger partial charge in [-0.15, -0.1) is 0 Å². The number of halogens is 1. The van der Waals surface area contributed by atoms with Crippen LogP contribution in [-0.2, 0) is 16.1 Å². The first-order valence-corrected chi connectivity index (χ1v) is 9.58. The van der Waals surface area contributed by atoms with Gasteiger partial charge in [0.25, 0.3) is 0 Å². The summed E-state index contributed by atoms with van der Waals surface area (Å²) in [4.78, 5) is 4.21. The predicted octanol–water partition coefficient (Wildman–Crippen LogP) is 4.00. The van der Waals surface area contributed by atoms with Gasteiger partial charge < -0.3 is 18.9 Å². The first-order chi connectivity index (χ1) is 13.2. The Bertz CT molecular complexity index is 762. The lowest BCUT2D eigenvalue weighted by Gasteiger charge is -2.34. The van der Waals surface area contributed by atoms with Crippen LogP contribution in [0.5, 0.6) is 11.6 Å². The molecule has 0 aliphatic heterocycles. The zero-order chi connectivity index (χ0) is 18.9. The van der Waals surface area contributed by atoms with Gasteiger partial charge in [0, 0.05) is 29.6 Å². The maximum Gasteiger partial charge on any atom is 0.213 e. The standard InChI is InChI=1S/C21H22BrNO4/c1-24-18-7-4-16(5-8-18)15-25-10-2-3-11-26-19-12-20(13-19)27-21-9-6-17(22)14-23-21/h4-9,14,19-20H,10-13,15H2,1H3/t19-,20-. The van der Waals surface area contributed by atoms with E-state index in [1.807, 2.05) is 36.4 Å². The molecule has 1 aliphatic rings. The van der Waals surface area contributed by atoms with Crippen molar-refractivity contribution in [1.82, 2.24) is 4.98 Å². The fourth-order valence-electron chi connectivity index (χ4n) is 2.56. The molecule has 5 nitrogen and oxygen atoms in total. The van der Waals surface area contributed by atoms with Gasteiger partial charge >= 0.3 is 0 Å². The van der Waals surface area contributed by atoms with Crippen molar-refractivity contribution in [2.24, 2.45) is 0 Å². The largest absolute Gasteiger partial charge is 0.497 e. The van der Waals surface area contributed by atoms with Crippen LogP contribution in [0.1, 0.15) is 18.4 Å². The second kappa shape index (κ2) is 10.3. The normalized spacial score (nSPS) is 18.1. The molecular weight excluding hydrogens is 410 g/mol. The molecule has 3 rings (SSSR count). The molecule has 1 aromatic carbocycles. The molecule has 6 heteroatoms. The molecule has 1 aliphatic carbocycles. The summed E-state index contributed by atoms with van der Waals surface area (Å²) in [5.74, 6) is 7.44. The average Bonchev–Trinajstić information content (AvgIpc) is 2.67. The van der Waals surface area contributed by atoms with Crippen molar-refractivity contribution >= 4 is 15.9 Å². The fourth-order valence-corrected chi connectivity index (χ4v) is 2.79. The van der Waals surface area contributed by atoms with Crippen molar-refractivity contribution in [3.05, 3.63) is 52.6 Å². The molecule has 0 spiro atoms. The molecule has 0 N–H and O–H groups in total. The van der Waals surface area contributed by atoms with Gasteiger partial charge in [-0.2, -0.15) is 0 Å². The zero-order valence-corrected chi connectivity index (χ0v) is 16.8. The van der Waals surface area contributed by atoms with E-state index >= 15 is 0 Å². The zero-order valence-electron chi connectivity index (χ0n) is 15.2. The van der Waals surface area contributed by atoms with Crippen LogP contribution in [-0.4, -0.2) is 37.5 Å². The highest BCUT2D eigenvalue weighted by Crippen LogP contribution is 2.27. The second-order valence-corrected chi connectivity index (χ2v) is 7.07. The molecule has 27 heavy (non-hydrogen) atoms. The van der Waals surface area contributed by atoms with Crippen molar-refractivity contribution in [1.29, 1.82) is 0 Å². The maximum atomic E-state index is 5.78. The average molecular weight is 432 g/mol. The summed E-state index contributed by atoms with van der Waals surface area (Å²) < 4.78 is 23.1. The van der Waals surface area contributed by atoms with E-state index in [0.717, 1.165) is 28.6 Å². The third-order valence-corrected chi connectivity index (χ3v) is 4.63. The minimum absolute atomic E-state index is 0.171. The highest BCUT2D eigenvalue weighted by molar-refractivity contribution is 9.10. The van der Waals surface area contributed by atoms with Gasteiger partial charge in [-0.05, 0) is 39.7 Å². The third kappa shape index (κ3) is 6.55. The minimum atomic E-state index is 0.171. The molecule has 2 aromatic rings. The van der Waals surface area contributed by atoms with Crippen LogP contribution < -0.4 is 9.47 Å². The Balaban J connectivity index is 1.23. The summed E-state index contributed by atoms with van der Waals surface area (Å²) in [6.07, 6.45) is 3.85. The molecule has 1 aromatic heterocycles. The van der Waals surface area contributed by atoms with Gasteiger partial charge in [0.2, 0.25) is 5.88 Å². The summed E-state index contributed by atoms with van der Waals surface area (Å²) in [6, 6.07) is 11.6. The van der Waals surface area contributed by atoms with Crippen LogP contribution >= 0.6 is 15.9 Å². The lowest BCUT2D eigenvalue weighted by Crippen LogP contribution is -2.39. The van der Waals surface area contributed by atoms with Gasteiger partial charge in [0.15, 0.2) is 0 Å². The molecule has 0 bridgehead atoms. The van der Waals surface area contributed by atoms with Crippen LogP contribution in [0, 0.1) is 11.8 Å². The summed E-state index contributed by atoms with van der Waals surface area (Å²) in [6.45, 7) is 1.34. The Labute approximate surface area is 168 Å². The van der Waals surface area contributed by atoms with E-state index in [-0.39, 0.29) is 12.2 Å². The Morgan fingerprint density at radius 2 is 1.81 bits per heavy atom. The Morgan fingerprint density at radius 1 is 1.04 bits per heavy atom. The molecule has 1 saturated carbocycles. The van der Waals surface area contributed by atoms with E-state index in [0.29, 0.717) is 25.7 Å². The van der Waals surface area contributed by atoms with Crippen molar-refractivity contribution in [3.63, 3.8) is 0 Å². The summed E-state index contributed by atoms with van der Waals surface area (Å²) in [5, 5.41) is 0. The predicted molar refractivity (Wildman–Crippen MR) is 106 cm³/mol. The highest BCUT2D eigenvalue weighted by atomic mass is 79.9. The lowest BCUT2D eigenvalue weighted by atomic mass is 9.92. The number of hydrogen-bond donors (Lipinski definition) is 0. The molecule has 0 atom stereocenters. The molecule has 0 amide bonds. The van der Waals surface area contributed by atoms with Gasteiger partial charge in [-0.1, -0.05) is 24.0 Å². The van der Waals surface area contributed by atoms with Crippen molar-refractivity contribution < 1.29 is 18.9 Å². The number of rotatable bonds is 8. The van der Waals surface area contributed by atoms with Gasteiger partial charge in [-0.3, -0.25) is 0 Å². The van der Waals surface area contributed by atoms with Gasteiger partial charge in [0.1, 0.15) is 25.1 Å². The fraction of sp³-hybridized carbons (Fsp3) is 0.381. The number of pyridine rings is 1. The maximum absolute atomic E-state index is 5.78. The Hall–Kier alpha value is -2.07. The van der Waals surface area contributed by atoms with Crippen molar-refractivity contribution in [2.75, 3.05) is 20.3 Å². The van der Waals surface area contributed by atoms with Crippen LogP contribution in [0.3, 0.4) is 0 Å². The molecular formula is C21H22BrNO4. The first-order valence-electron chi connectivity index (χ1n) is 8.79. The van der Waals surface area contributed by atoms with Gasteiger partial charge in [-0.25, -0.2) is 4.98 Å².